The standard InChI is InChI=1S/C12H17ClN2O3S/c1-14-8-11-9-15(5-6-18-11)19(16,17)12-4-2-3-10(13)7-12/h2-4,7,11,14H,5-6,8-9H2,1H3. The van der Waals surface area contributed by atoms with Crippen molar-refractivity contribution >= 4 is 21.6 Å². The molecule has 1 N–H and O–H groups in total. The smallest absolute Gasteiger partial charge is 0.243 e. The molecule has 0 spiro atoms. The van der Waals surface area contributed by atoms with Gasteiger partial charge in [-0.2, -0.15) is 4.31 Å². The summed E-state index contributed by atoms with van der Waals surface area (Å²) in [6.45, 7) is 1.76. The third-order valence-corrected chi connectivity index (χ3v) is 5.06. The summed E-state index contributed by atoms with van der Waals surface area (Å²) in [6, 6.07) is 6.33. The van der Waals surface area contributed by atoms with E-state index in [4.69, 9.17) is 16.3 Å². The van der Waals surface area contributed by atoms with Gasteiger partial charge in [0.05, 0.1) is 17.6 Å². The van der Waals surface area contributed by atoms with Crippen LogP contribution in [0.2, 0.25) is 5.02 Å². The van der Waals surface area contributed by atoms with Gasteiger partial charge in [-0.15, -0.1) is 0 Å². The fraction of sp³-hybridized carbons (Fsp3) is 0.500. The summed E-state index contributed by atoms with van der Waals surface area (Å²) in [6.07, 6.45) is -0.118. The average molecular weight is 305 g/mol. The van der Waals surface area contributed by atoms with Crippen LogP contribution >= 0.6 is 11.6 Å². The Bertz CT molecular complexity index is 534. The summed E-state index contributed by atoms with van der Waals surface area (Å²) in [4.78, 5) is 0.227. The van der Waals surface area contributed by atoms with E-state index in [1.54, 1.807) is 18.2 Å². The molecule has 0 saturated carbocycles. The number of nitrogens with zero attached hydrogens (tertiary/aromatic N) is 1. The summed E-state index contributed by atoms with van der Waals surface area (Å²) < 4.78 is 31.9. The van der Waals surface area contributed by atoms with Gasteiger partial charge >= 0.3 is 0 Å². The first-order valence-corrected chi connectivity index (χ1v) is 7.88. The Morgan fingerprint density at radius 2 is 2.32 bits per heavy atom. The van der Waals surface area contributed by atoms with E-state index in [2.05, 4.69) is 5.32 Å². The molecule has 0 radical (unpaired) electrons. The van der Waals surface area contributed by atoms with Crippen LogP contribution in [0.25, 0.3) is 0 Å². The molecule has 1 heterocycles. The van der Waals surface area contributed by atoms with Gasteiger partial charge in [-0.3, -0.25) is 0 Å². The number of hydrogen-bond acceptors (Lipinski definition) is 4. The molecular formula is C12H17ClN2O3S. The Balaban J connectivity index is 2.19. The molecule has 19 heavy (non-hydrogen) atoms. The highest BCUT2D eigenvalue weighted by Gasteiger charge is 2.30. The third-order valence-electron chi connectivity index (χ3n) is 2.97. The van der Waals surface area contributed by atoms with Gasteiger partial charge in [0.2, 0.25) is 10.0 Å². The van der Waals surface area contributed by atoms with E-state index in [-0.39, 0.29) is 11.0 Å². The molecule has 7 heteroatoms. The van der Waals surface area contributed by atoms with E-state index in [1.807, 2.05) is 7.05 Å². The molecule has 1 aromatic rings. The van der Waals surface area contributed by atoms with Crippen molar-refractivity contribution in [3.63, 3.8) is 0 Å². The number of likely N-dealkylation sites (N-methyl/N-ethyl adjacent to an activating group) is 1. The highest BCUT2D eigenvalue weighted by Crippen LogP contribution is 2.21. The first-order valence-electron chi connectivity index (χ1n) is 6.06. The van der Waals surface area contributed by atoms with Gasteiger partial charge in [-0.25, -0.2) is 8.42 Å². The Hall–Kier alpha value is -0.660. The molecule has 0 amide bonds. The van der Waals surface area contributed by atoms with Gasteiger partial charge in [0.25, 0.3) is 0 Å². The molecule has 0 aromatic heterocycles. The second kappa shape index (κ2) is 6.19. The average Bonchev–Trinajstić information content (AvgIpc) is 2.39. The Morgan fingerprint density at radius 1 is 1.53 bits per heavy atom. The van der Waals surface area contributed by atoms with Crippen molar-refractivity contribution in [1.82, 2.24) is 9.62 Å². The molecule has 0 bridgehead atoms. The van der Waals surface area contributed by atoms with E-state index in [1.165, 1.54) is 10.4 Å². The number of halogens is 1. The van der Waals surface area contributed by atoms with Gasteiger partial charge in [0.1, 0.15) is 0 Å². The van der Waals surface area contributed by atoms with Gasteiger partial charge in [0, 0.05) is 24.7 Å². The van der Waals surface area contributed by atoms with Crippen molar-refractivity contribution in [1.29, 1.82) is 0 Å². The van der Waals surface area contributed by atoms with Crippen LogP contribution in [0.15, 0.2) is 29.2 Å². The van der Waals surface area contributed by atoms with Gasteiger partial charge in [-0.1, -0.05) is 17.7 Å². The topological polar surface area (TPSA) is 58.6 Å². The van der Waals surface area contributed by atoms with Crippen molar-refractivity contribution in [2.24, 2.45) is 0 Å². The Kier molecular flexibility index (Phi) is 4.81. The lowest BCUT2D eigenvalue weighted by Crippen LogP contribution is -2.48. The Morgan fingerprint density at radius 3 is 3.00 bits per heavy atom. The third kappa shape index (κ3) is 3.46. The summed E-state index contributed by atoms with van der Waals surface area (Å²) >= 11 is 5.85. The first-order chi connectivity index (χ1) is 9.04. The SMILES string of the molecule is CNCC1CN(S(=O)(=O)c2cccc(Cl)c2)CCO1. The molecule has 1 fully saturated rings. The van der Waals surface area contributed by atoms with Gasteiger partial charge in [0.15, 0.2) is 0 Å². The lowest BCUT2D eigenvalue weighted by Gasteiger charge is -2.32. The normalized spacial score (nSPS) is 21.5. The van der Waals surface area contributed by atoms with E-state index in [0.717, 1.165) is 0 Å². The van der Waals surface area contributed by atoms with E-state index in [9.17, 15) is 8.42 Å². The van der Waals surface area contributed by atoms with Gasteiger partial charge < -0.3 is 10.1 Å². The maximum Gasteiger partial charge on any atom is 0.243 e. The molecule has 1 atom stereocenters. The van der Waals surface area contributed by atoms with Crippen LogP contribution in [0.1, 0.15) is 0 Å². The predicted molar refractivity (Wildman–Crippen MR) is 73.9 cm³/mol. The van der Waals surface area contributed by atoms with Crippen LogP contribution in [0, 0.1) is 0 Å². The molecule has 1 saturated heterocycles. The summed E-state index contributed by atoms with van der Waals surface area (Å²) in [5.41, 5.74) is 0. The zero-order chi connectivity index (χ0) is 13.9. The summed E-state index contributed by atoms with van der Waals surface area (Å²) in [7, 11) is -1.68. The number of morpholine rings is 1. The van der Waals surface area contributed by atoms with Gasteiger partial charge in [-0.05, 0) is 25.2 Å². The minimum atomic E-state index is -3.49. The van der Waals surface area contributed by atoms with Crippen LogP contribution in [0.5, 0.6) is 0 Å². The zero-order valence-electron chi connectivity index (χ0n) is 10.7. The summed E-state index contributed by atoms with van der Waals surface area (Å²) in [5, 5.41) is 3.41. The number of benzene rings is 1. The fourth-order valence-electron chi connectivity index (χ4n) is 2.04. The number of sulfonamides is 1. The van der Waals surface area contributed by atoms with E-state index >= 15 is 0 Å². The van der Waals surface area contributed by atoms with E-state index in [0.29, 0.717) is 31.3 Å². The zero-order valence-corrected chi connectivity index (χ0v) is 12.2. The van der Waals surface area contributed by atoms with Crippen LogP contribution in [0.3, 0.4) is 0 Å². The number of ether oxygens (including phenoxy) is 1. The molecule has 2 rings (SSSR count). The van der Waals surface area contributed by atoms with Crippen molar-refractivity contribution in [2.45, 2.75) is 11.0 Å². The van der Waals surface area contributed by atoms with Crippen molar-refractivity contribution in [3.8, 4) is 0 Å². The Labute approximate surface area is 118 Å². The highest BCUT2D eigenvalue weighted by molar-refractivity contribution is 7.89. The number of rotatable bonds is 4. The van der Waals surface area contributed by atoms with Crippen LogP contribution in [0.4, 0.5) is 0 Å². The van der Waals surface area contributed by atoms with Crippen molar-refractivity contribution < 1.29 is 13.2 Å². The maximum absolute atomic E-state index is 12.5. The van der Waals surface area contributed by atoms with Crippen LogP contribution in [-0.2, 0) is 14.8 Å². The van der Waals surface area contributed by atoms with Crippen molar-refractivity contribution in [2.75, 3.05) is 33.3 Å². The largest absolute Gasteiger partial charge is 0.374 e. The first kappa shape index (κ1) is 14.7. The molecule has 0 aliphatic carbocycles. The lowest BCUT2D eigenvalue weighted by molar-refractivity contribution is 0.000824. The number of nitrogens with one attached hydrogen (secondary N) is 1. The fourth-order valence-corrected chi connectivity index (χ4v) is 3.80. The molecule has 1 aliphatic rings. The summed E-state index contributed by atoms with van der Waals surface area (Å²) in [5.74, 6) is 0. The monoisotopic (exact) mass is 304 g/mol. The molecule has 1 aromatic carbocycles. The van der Waals surface area contributed by atoms with Crippen molar-refractivity contribution in [3.05, 3.63) is 29.3 Å². The molecule has 5 nitrogen and oxygen atoms in total. The molecule has 1 unspecified atom stereocenters. The quantitative estimate of drug-likeness (QED) is 0.900. The molecule has 106 valence electrons. The highest BCUT2D eigenvalue weighted by atomic mass is 35.5. The minimum absolute atomic E-state index is 0.118. The predicted octanol–water partition coefficient (Wildman–Crippen LogP) is 0.949. The number of hydrogen-bond donors (Lipinski definition) is 1. The maximum atomic E-state index is 12.5. The van der Waals surface area contributed by atoms with Crippen LogP contribution < -0.4 is 5.32 Å². The second-order valence-electron chi connectivity index (χ2n) is 4.37. The van der Waals surface area contributed by atoms with Crippen LogP contribution in [-0.4, -0.2) is 52.1 Å². The van der Waals surface area contributed by atoms with E-state index < -0.39 is 10.0 Å². The minimum Gasteiger partial charge on any atom is -0.374 e. The lowest BCUT2D eigenvalue weighted by atomic mass is 10.3. The molecular weight excluding hydrogens is 288 g/mol. The second-order valence-corrected chi connectivity index (χ2v) is 6.75. The molecule has 1 aliphatic heterocycles.